The molecular formula is C27H33N5O5S. The molecular weight excluding hydrogens is 506 g/mol. The van der Waals surface area contributed by atoms with Gasteiger partial charge in [-0.25, -0.2) is 23.2 Å². The molecule has 202 valence electrons. The maximum atomic E-state index is 13.7. The molecule has 1 amide bonds. The molecule has 0 bridgehead atoms. The van der Waals surface area contributed by atoms with Crippen molar-refractivity contribution in [2.24, 2.45) is 0 Å². The summed E-state index contributed by atoms with van der Waals surface area (Å²) in [6, 6.07) is 9.98. The van der Waals surface area contributed by atoms with E-state index in [-0.39, 0.29) is 21.5 Å². The molecule has 4 heterocycles. The van der Waals surface area contributed by atoms with Crippen LogP contribution in [0.5, 0.6) is 0 Å². The average molecular weight is 540 g/mol. The first-order valence-corrected chi connectivity index (χ1v) is 14.2. The van der Waals surface area contributed by atoms with Crippen molar-refractivity contribution in [2.75, 3.05) is 13.1 Å². The molecule has 2 N–H and O–H groups in total. The highest BCUT2D eigenvalue weighted by molar-refractivity contribution is 7.91. The molecule has 0 unspecified atom stereocenters. The summed E-state index contributed by atoms with van der Waals surface area (Å²) in [4.78, 5) is 26.7. The van der Waals surface area contributed by atoms with Gasteiger partial charge in [-0.05, 0) is 65.7 Å². The largest absolute Gasteiger partial charge is 0.444 e. The average Bonchev–Trinajstić information content (AvgIpc) is 3.48. The standard InChI is InChI=1S/C27H33N5O5S/c1-17(33)23-29-20-21(32(23)27(5)12-15-31(16-13-27)25(34)37-26(2,3)4)19-11-14-28-22(19)30-24(20)38(35,36)18-9-7-6-8-10-18/h6-11,14,17,33H,12-13,15-16H2,1-5H3,(H,28,30)/t17-/m1/s1. The third-order valence-corrected chi connectivity index (χ3v) is 8.70. The summed E-state index contributed by atoms with van der Waals surface area (Å²) < 4.78 is 35.0. The quantitative estimate of drug-likeness (QED) is 0.389. The second kappa shape index (κ2) is 9.09. The molecule has 0 spiro atoms. The maximum Gasteiger partial charge on any atom is 0.410 e. The van der Waals surface area contributed by atoms with Gasteiger partial charge in [0, 0.05) is 30.2 Å². The first kappa shape index (κ1) is 26.2. The Morgan fingerprint density at radius 3 is 2.39 bits per heavy atom. The number of nitrogens with zero attached hydrogens (tertiary/aromatic N) is 4. The lowest BCUT2D eigenvalue weighted by molar-refractivity contribution is 0.0126. The lowest BCUT2D eigenvalue weighted by atomic mass is 9.88. The van der Waals surface area contributed by atoms with Crippen molar-refractivity contribution in [3.05, 3.63) is 48.4 Å². The van der Waals surface area contributed by atoms with Gasteiger partial charge in [0.05, 0.1) is 10.4 Å². The van der Waals surface area contributed by atoms with E-state index in [0.717, 1.165) is 0 Å². The molecule has 10 nitrogen and oxygen atoms in total. The van der Waals surface area contributed by atoms with Gasteiger partial charge < -0.3 is 24.3 Å². The van der Waals surface area contributed by atoms with Gasteiger partial charge in [-0.15, -0.1) is 0 Å². The van der Waals surface area contributed by atoms with E-state index in [9.17, 15) is 18.3 Å². The fourth-order valence-electron chi connectivity index (χ4n) is 5.08. The number of likely N-dealkylation sites (tertiary alicyclic amines) is 1. The zero-order chi connectivity index (χ0) is 27.5. The Hall–Kier alpha value is -3.44. The normalized spacial score (nSPS) is 17.2. The molecule has 11 heteroatoms. The van der Waals surface area contributed by atoms with E-state index in [1.54, 1.807) is 36.2 Å². The van der Waals surface area contributed by atoms with Crippen LogP contribution in [0, 0.1) is 0 Å². The van der Waals surface area contributed by atoms with E-state index < -0.39 is 27.1 Å². The van der Waals surface area contributed by atoms with E-state index in [1.165, 1.54) is 12.1 Å². The Balaban J connectivity index is 1.67. The van der Waals surface area contributed by atoms with Crippen LogP contribution in [0.15, 0.2) is 52.5 Å². The van der Waals surface area contributed by atoms with Gasteiger partial charge in [0.25, 0.3) is 0 Å². The second-order valence-electron chi connectivity index (χ2n) is 11.1. The number of carbonyl (C=O) groups is 1. The first-order chi connectivity index (χ1) is 17.8. The second-order valence-corrected chi connectivity index (χ2v) is 13.0. The summed E-state index contributed by atoms with van der Waals surface area (Å²) in [7, 11) is -4.01. The van der Waals surface area contributed by atoms with Crippen LogP contribution >= 0.6 is 0 Å². The Labute approximate surface area is 221 Å². The molecule has 1 aliphatic rings. The maximum absolute atomic E-state index is 13.7. The highest BCUT2D eigenvalue weighted by Gasteiger charge is 2.40. The third-order valence-electron chi connectivity index (χ3n) is 7.01. The number of aliphatic hydroxyl groups is 1. The lowest BCUT2D eigenvalue weighted by Gasteiger charge is -2.42. The first-order valence-electron chi connectivity index (χ1n) is 12.7. The molecule has 3 aromatic heterocycles. The van der Waals surface area contributed by atoms with Crippen LogP contribution in [0.4, 0.5) is 4.79 Å². The molecule has 1 aromatic carbocycles. The minimum atomic E-state index is -4.01. The molecule has 0 saturated carbocycles. The molecule has 38 heavy (non-hydrogen) atoms. The number of aromatic nitrogens is 4. The number of pyridine rings is 1. The topological polar surface area (TPSA) is 130 Å². The van der Waals surface area contributed by atoms with Gasteiger partial charge >= 0.3 is 6.09 Å². The molecule has 1 fully saturated rings. The van der Waals surface area contributed by atoms with Crippen LogP contribution in [0.3, 0.4) is 0 Å². The number of piperidine rings is 1. The number of benzene rings is 1. The summed E-state index contributed by atoms with van der Waals surface area (Å²) in [6.45, 7) is 10.1. The number of ether oxygens (including phenoxy) is 1. The van der Waals surface area contributed by atoms with Crippen LogP contribution in [-0.2, 0) is 20.1 Å². The van der Waals surface area contributed by atoms with Gasteiger partial charge in [-0.2, -0.15) is 0 Å². The Morgan fingerprint density at radius 1 is 1.13 bits per heavy atom. The highest BCUT2D eigenvalue weighted by atomic mass is 32.2. The predicted octanol–water partition coefficient (Wildman–Crippen LogP) is 4.54. The molecule has 0 aliphatic carbocycles. The van der Waals surface area contributed by atoms with E-state index in [1.807, 2.05) is 31.4 Å². The van der Waals surface area contributed by atoms with Crippen LogP contribution in [-0.4, -0.2) is 62.7 Å². The predicted molar refractivity (Wildman–Crippen MR) is 143 cm³/mol. The number of aromatic amines is 1. The molecule has 1 aliphatic heterocycles. The number of sulfone groups is 1. The molecule has 0 radical (unpaired) electrons. The summed E-state index contributed by atoms with van der Waals surface area (Å²) in [6.07, 6.45) is 1.51. The number of hydrogen-bond donors (Lipinski definition) is 2. The van der Waals surface area contributed by atoms with Crippen molar-refractivity contribution >= 4 is 38.0 Å². The Morgan fingerprint density at radius 2 is 1.79 bits per heavy atom. The summed E-state index contributed by atoms with van der Waals surface area (Å²) in [5, 5.41) is 11.4. The zero-order valence-corrected chi connectivity index (χ0v) is 23.0. The number of rotatable bonds is 4. The van der Waals surface area contributed by atoms with Gasteiger partial charge in [-0.3, -0.25) is 0 Å². The minimum absolute atomic E-state index is 0.115. The van der Waals surface area contributed by atoms with Gasteiger partial charge in [0.1, 0.15) is 28.7 Å². The Kier molecular flexibility index (Phi) is 6.26. The number of amides is 1. The van der Waals surface area contributed by atoms with E-state index >= 15 is 0 Å². The number of aliphatic hydroxyl groups excluding tert-OH is 1. The van der Waals surface area contributed by atoms with Gasteiger partial charge in [-0.1, -0.05) is 18.2 Å². The van der Waals surface area contributed by atoms with Crippen LogP contribution in [0.25, 0.3) is 22.1 Å². The zero-order valence-electron chi connectivity index (χ0n) is 22.2. The van der Waals surface area contributed by atoms with E-state index in [0.29, 0.717) is 48.3 Å². The van der Waals surface area contributed by atoms with Crippen molar-refractivity contribution in [2.45, 2.75) is 74.6 Å². The highest BCUT2D eigenvalue weighted by Crippen LogP contribution is 2.40. The van der Waals surface area contributed by atoms with Crippen molar-refractivity contribution in [3.63, 3.8) is 0 Å². The van der Waals surface area contributed by atoms with Gasteiger partial charge in [0.2, 0.25) is 9.84 Å². The molecule has 5 rings (SSSR count). The number of hydrogen-bond acceptors (Lipinski definition) is 7. The smallest absolute Gasteiger partial charge is 0.410 e. The number of H-pyrrole nitrogens is 1. The van der Waals surface area contributed by atoms with Crippen molar-refractivity contribution in [3.8, 4) is 0 Å². The van der Waals surface area contributed by atoms with Gasteiger partial charge in [0.15, 0.2) is 5.03 Å². The summed E-state index contributed by atoms with van der Waals surface area (Å²) in [5.41, 5.74) is 0.0762. The third kappa shape index (κ3) is 4.43. The van der Waals surface area contributed by atoms with Crippen molar-refractivity contribution < 1.29 is 23.1 Å². The van der Waals surface area contributed by atoms with Crippen LogP contribution in [0.2, 0.25) is 0 Å². The van der Waals surface area contributed by atoms with E-state index in [4.69, 9.17) is 9.72 Å². The number of carbonyl (C=O) groups excluding carboxylic acids is 1. The fourth-order valence-corrected chi connectivity index (χ4v) is 6.43. The number of nitrogens with one attached hydrogen (secondary N) is 1. The van der Waals surface area contributed by atoms with Crippen LogP contribution in [0.1, 0.15) is 59.4 Å². The SMILES string of the molecule is C[C@@H](O)c1nc2c(S(=O)(=O)c3ccccc3)nc3[nH]ccc3c2n1C1(C)CCN(C(=O)OC(C)(C)C)CC1. The summed E-state index contributed by atoms with van der Waals surface area (Å²) in [5.74, 6) is 0.355. The lowest BCUT2D eigenvalue weighted by Crippen LogP contribution is -2.48. The fraction of sp³-hybridized carbons (Fsp3) is 0.444. The van der Waals surface area contributed by atoms with Crippen molar-refractivity contribution in [1.29, 1.82) is 0 Å². The monoisotopic (exact) mass is 539 g/mol. The summed E-state index contributed by atoms with van der Waals surface area (Å²) >= 11 is 0. The number of imidazole rings is 1. The van der Waals surface area contributed by atoms with Crippen molar-refractivity contribution in [1.82, 2.24) is 24.4 Å². The van der Waals surface area contributed by atoms with Crippen LogP contribution < -0.4 is 0 Å². The Bertz CT molecular complexity index is 1610. The molecule has 4 aromatic rings. The molecule has 1 atom stereocenters. The van der Waals surface area contributed by atoms with E-state index in [2.05, 4.69) is 16.9 Å². The molecule has 1 saturated heterocycles. The minimum Gasteiger partial charge on any atom is -0.444 e. The number of fused-ring (bicyclic) bond motifs is 3.